The molecule has 0 unspecified atom stereocenters. The van der Waals surface area contributed by atoms with Crippen molar-refractivity contribution in [3.8, 4) is 5.75 Å². The average Bonchev–Trinajstić information content (AvgIpc) is 3.16. The summed E-state index contributed by atoms with van der Waals surface area (Å²) in [6, 6.07) is 7.70. The minimum Gasteiger partial charge on any atom is -0.496 e. The summed E-state index contributed by atoms with van der Waals surface area (Å²) >= 11 is 0. The van der Waals surface area contributed by atoms with Gasteiger partial charge in [0.25, 0.3) is 0 Å². The molecule has 3 rings (SSSR count). The van der Waals surface area contributed by atoms with Crippen molar-refractivity contribution in [1.82, 2.24) is 15.1 Å². The molecule has 0 spiro atoms. The molecule has 7 heteroatoms. The first kappa shape index (κ1) is 18.7. The first-order chi connectivity index (χ1) is 12.7. The van der Waals surface area contributed by atoms with Gasteiger partial charge in [-0.15, -0.1) is 0 Å². The van der Waals surface area contributed by atoms with Crippen molar-refractivity contribution in [3.05, 3.63) is 29.8 Å². The zero-order valence-electron chi connectivity index (χ0n) is 15.3. The van der Waals surface area contributed by atoms with Gasteiger partial charge in [-0.25, -0.2) is 0 Å². The van der Waals surface area contributed by atoms with Crippen molar-refractivity contribution in [1.29, 1.82) is 0 Å². The quantitative estimate of drug-likeness (QED) is 0.772. The summed E-state index contributed by atoms with van der Waals surface area (Å²) in [6.07, 6.45) is 2.05. The second-order valence-corrected chi connectivity index (χ2v) is 6.71. The number of nitrogens with zero attached hydrogens (tertiary/aromatic N) is 2. The topological polar surface area (TPSA) is 71.1 Å². The lowest BCUT2D eigenvalue weighted by Gasteiger charge is -2.31. The number of ether oxygens (including phenoxy) is 2. The zero-order valence-corrected chi connectivity index (χ0v) is 15.3. The van der Waals surface area contributed by atoms with Crippen LogP contribution in [0.25, 0.3) is 0 Å². The minimum atomic E-state index is -0.0540. The normalized spacial score (nSPS) is 20.3. The van der Waals surface area contributed by atoms with E-state index in [9.17, 15) is 9.59 Å². The number of piperazine rings is 1. The molecule has 26 heavy (non-hydrogen) atoms. The number of hydrogen-bond acceptors (Lipinski definition) is 5. The van der Waals surface area contributed by atoms with E-state index in [0.717, 1.165) is 37.3 Å². The van der Waals surface area contributed by atoms with Gasteiger partial charge in [-0.2, -0.15) is 0 Å². The summed E-state index contributed by atoms with van der Waals surface area (Å²) in [7, 11) is 1.63. The monoisotopic (exact) mass is 361 g/mol. The standard InChI is InChI=1S/C19H27N3O4/c1-25-17-7-3-2-5-15(17)12-22(13-16-6-4-10-26-16)19(24)14-21-9-8-20-11-18(21)23/h2-3,5,7,16,20H,4,6,8-14H2,1H3/t16-/m0/s1. The largest absolute Gasteiger partial charge is 0.496 e. The molecular formula is C19H27N3O4. The first-order valence-corrected chi connectivity index (χ1v) is 9.17. The molecular weight excluding hydrogens is 334 g/mol. The number of amides is 2. The van der Waals surface area contributed by atoms with E-state index in [1.807, 2.05) is 24.3 Å². The molecule has 1 N–H and O–H groups in total. The van der Waals surface area contributed by atoms with Crippen LogP contribution >= 0.6 is 0 Å². The number of carbonyl (C=O) groups excluding carboxylic acids is 2. The molecule has 0 saturated carbocycles. The van der Waals surface area contributed by atoms with E-state index in [4.69, 9.17) is 9.47 Å². The van der Waals surface area contributed by atoms with Gasteiger partial charge in [-0.3, -0.25) is 9.59 Å². The van der Waals surface area contributed by atoms with Crippen molar-refractivity contribution in [2.75, 3.05) is 46.4 Å². The van der Waals surface area contributed by atoms with Gasteiger partial charge >= 0.3 is 0 Å². The number of carbonyl (C=O) groups is 2. The molecule has 0 aliphatic carbocycles. The van der Waals surface area contributed by atoms with Gasteiger partial charge in [-0.05, 0) is 18.9 Å². The maximum atomic E-state index is 13.0. The number of methoxy groups -OCH3 is 1. The van der Waals surface area contributed by atoms with Crippen LogP contribution in [-0.4, -0.2) is 74.2 Å². The molecule has 0 aromatic heterocycles. The molecule has 2 aliphatic heterocycles. The summed E-state index contributed by atoms with van der Waals surface area (Å²) < 4.78 is 11.1. The highest BCUT2D eigenvalue weighted by atomic mass is 16.5. The molecule has 1 aromatic rings. The highest BCUT2D eigenvalue weighted by Gasteiger charge is 2.27. The average molecular weight is 361 g/mol. The van der Waals surface area contributed by atoms with E-state index in [2.05, 4.69) is 5.32 Å². The Morgan fingerprint density at radius 2 is 2.27 bits per heavy atom. The van der Waals surface area contributed by atoms with Crippen LogP contribution in [-0.2, 0) is 20.9 Å². The van der Waals surface area contributed by atoms with Crippen molar-refractivity contribution >= 4 is 11.8 Å². The van der Waals surface area contributed by atoms with Gasteiger partial charge < -0.3 is 24.6 Å². The highest BCUT2D eigenvalue weighted by Crippen LogP contribution is 2.21. The summed E-state index contributed by atoms with van der Waals surface area (Å²) in [5, 5.41) is 3.03. The van der Waals surface area contributed by atoms with E-state index in [1.54, 1.807) is 16.9 Å². The summed E-state index contributed by atoms with van der Waals surface area (Å²) in [4.78, 5) is 28.4. The van der Waals surface area contributed by atoms with E-state index in [0.29, 0.717) is 26.2 Å². The number of para-hydroxylation sites is 1. The van der Waals surface area contributed by atoms with Crippen LogP contribution in [0.3, 0.4) is 0 Å². The smallest absolute Gasteiger partial charge is 0.242 e. The fourth-order valence-electron chi connectivity index (χ4n) is 3.40. The van der Waals surface area contributed by atoms with E-state index >= 15 is 0 Å². The number of hydrogen-bond donors (Lipinski definition) is 1. The van der Waals surface area contributed by atoms with Crippen molar-refractivity contribution in [2.24, 2.45) is 0 Å². The molecule has 1 aromatic carbocycles. The van der Waals surface area contributed by atoms with Crippen LogP contribution in [0.4, 0.5) is 0 Å². The van der Waals surface area contributed by atoms with Gasteiger partial charge in [0.05, 0.1) is 26.3 Å². The van der Waals surface area contributed by atoms with Crippen LogP contribution in [0.1, 0.15) is 18.4 Å². The number of rotatable bonds is 7. The molecule has 7 nitrogen and oxygen atoms in total. The molecule has 2 amide bonds. The van der Waals surface area contributed by atoms with Crippen LogP contribution in [0.5, 0.6) is 5.75 Å². The number of benzene rings is 1. The summed E-state index contributed by atoms with van der Waals surface area (Å²) in [5.41, 5.74) is 0.952. The molecule has 1 atom stereocenters. The Kier molecular flexibility index (Phi) is 6.46. The SMILES string of the molecule is COc1ccccc1CN(C[C@@H]1CCCO1)C(=O)CN1CCNCC1=O. The Hall–Kier alpha value is -2.12. The second-order valence-electron chi connectivity index (χ2n) is 6.71. The molecule has 142 valence electrons. The van der Waals surface area contributed by atoms with Crippen molar-refractivity contribution in [3.63, 3.8) is 0 Å². The molecule has 2 saturated heterocycles. The Labute approximate surface area is 154 Å². The molecule has 0 bridgehead atoms. The lowest BCUT2D eigenvalue weighted by molar-refractivity contribution is -0.142. The van der Waals surface area contributed by atoms with Crippen LogP contribution in [0.2, 0.25) is 0 Å². The number of nitrogens with one attached hydrogen (secondary N) is 1. The van der Waals surface area contributed by atoms with Crippen LogP contribution in [0, 0.1) is 0 Å². The lowest BCUT2D eigenvalue weighted by Crippen LogP contribution is -2.52. The fourth-order valence-corrected chi connectivity index (χ4v) is 3.40. The lowest BCUT2D eigenvalue weighted by atomic mass is 10.1. The van der Waals surface area contributed by atoms with Gasteiger partial charge in [0.1, 0.15) is 5.75 Å². The Balaban J connectivity index is 1.71. The Morgan fingerprint density at radius 1 is 1.42 bits per heavy atom. The van der Waals surface area contributed by atoms with Gasteiger partial charge in [0.2, 0.25) is 11.8 Å². The predicted molar refractivity (Wildman–Crippen MR) is 96.8 cm³/mol. The van der Waals surface area contributed by atoms with E-state index in [1.165, 1.54) is 0 Å². The summed E-state index contributed by atoms with van der Waals surface area (Å²) in [5.74, 6) is 0.677. The van der Waals surface area contributed by atoms with Crippen LogP contribution in [0.15, 0.2) is 24.3 Å². The third kappa shape index (κ3) is 4.74. The predicted octanol–water partition coefficient (Wildman–Crippen LogP) is 0.635. The second kappa shape index (κ2) is 9.00. The first-order valence-electron chi connectivity index (χ1n) is 9.17. The zero-order chi connectivity index (χ0) is 18.4. The minimum absolute atomic E-state index is 0.0287. The highest BCUT2D eigenvalue weighted by molar-refractivity contribution is 5.86. The third-order valence-corrected chi connectivity index (χ3v) is 4.87. The van der Waals surface area contributed by atoms with Gasteiger partial charge in [0.15, 0.2) is 0 Å². The fraction of sp³-hybridized carbons (Fsp3) is 0.579. The Bertz CT molecular complexity index is 631. The summed E-state index contributed by atoms with van der Waals surface area (Å²) in [6.45, 7) is 3.43. The Morgan fingerprint density at radius 3 is 3.00 bits per heavy atom. The maximum Gasteiger partial charge on any atom is 0.242 e. The molecule has 2 aliphatic rings. The van der Waals surface area contributed by atoms with Crippen molar-refractivity contribution < 1.29 is 19.1 Å². The third-order valence-electron chi connectivity index (χ3n) is 4.87. The van der Waals surface area contributed by atoms with E-state index in [-0.39, 0.29) is 24.5 Å². The van der Waals surface area contributed by atoms with Crippen molar-refractivity contribution in [2.45, 2.75) is 25.5 Å². The van der Waals surface area contributed by atoms with Crippen LogP contribution < -0.4 is 10.1 Å². The molecule has 2 heterocycles. The molecule has 0 radical (unpaired) electrons. The molecule has 2 fully saturated rings. The van der Waals surface area contributed by atoms with Gasteiger partial charge in [-0.1, -0.05) is 18.2 Å². The van der Waals surface area contributed by atoms with Gasteiger partial charge in [0, 0.05) is 38.3 Å². The maximum absolute atomic E-state index is 13.0. The van der Waals surface area contributed by atoms with E-state index < -0.39 is 0 Å².